The van der Waals surface area contributed by atoms with Crippen molar-refractivity contribution in [2.24, 2.45) is 0 Å². The summed E-state index contributed by atoms with van der Waals surface area (Å²) in [6, 6.07) is 8.40. The van der Waals surface area contributed by atoms with Gasteiger partial charge < -0.3 is 14.8 Å². The lowest BCUT2D eigenvalue weighted by Gasteiger charge is -2.10. The van der Waals surface area contributed by atoms with Gasteiger partial charge in [-0.2, -0.15) is 0 Å². The molecule has 1 unspecified atom stereocenters. The zero-order valence-electron chi connectivity index (χ0n) is 13.4. The van der Waals surface area contributed by atoms with Gasteiger partial charge in [0.15, 0.2) is 6.61 Å². The van der Waals surface area contributed by atoms with E-state index in [9.17, 15) is 4.79 Å². The fourth-order valence-electron chi connectivity index (χ4n) is 1.79. The van der Waals surface area contributed by atoms with Gasteiger partial charge in [-0.05, 0) is 50.9 Å². The van der Waals surface area contributed by atoms with Crippen LogP contribution in [-0.2, 0) is 16.0 Å². The summed E-state index contributed by atoms with van der Waals surface area (Å²) in [4.78, 5) is 11.4. The lowest BCUT2D eigenvalue weighted by atomic mass is 10.1. The predicted molar refractivity (Wildman–Crippen MR) is 84.6 cm³/mol. The Morgan fingerprint density at radius 2 is 2.00 bits per heavy atom. The Morgan fingerprint density at radius 3 is 2.62 bits per heavy atom. The molecule has 1 N–H and O–H groups in total. The van der Waals surface area contributed by atoms with Crippen LogP contribution in [0.1, 0.15) is 38.7 Å². The molecule has 1 aromatic carbocycles. The van der Waals surface area contributed by atoms with Gasteiger partial charge in [0.1, 0.15) is 5.75 Å². The zero-order valence-corrected chi connectivity index (χ0v) is 13.4. The monoisotopic (exact) mass is 293 g/mol. The van der Waals surface area contributed by atoms with E-state index in [0.717, 1.165) is 25.7 Å². The molecule has 118 valence electrons. The molecule has 0 bridgehead atoms. The second-order valence-corrected chi connectivity index (χ2v) is 5.24. The summed E-state index contributed by atoms with van der Waals surface area (Å²) in [5, 5.41) is 3.22. The van der Waals surface area contributed by atoms with Gasteiger partial charge >= 0.3 is 5.97 Å². The smallest absolute Gasteiger partial charge is 0.344 e. The summed E-state index contributed by atoms with van der Waals surface area (Å²) in [7, 11) is 1.97. The first-order valence-corrected chi connectivity index (χ1v) is 7.70. The molecule has 0 saturated heterocycles. The van der Waals surface area contributed by atoms with Crippen molar-refractivity contribution in [3.8, 4) is 5.75 Å². The summed E-state index contributed by atoms with van der Waals surface area (Å²) < 4.78 is 10.4. The van der Waals surface area contributed by atoms with Crippen LogP contribution in [0.15, 0.2) is 24.3 Å². The number of hydrogen-bond donors (Lipinski definition) is 1. The minimum Gasteiger partial charge on any atom is -0.482 e. The van der Waals surface area contributed by atoms with Crippen LogP contribution in [0.2, 0.25) is 0 Å². The van der Waals surface area contributed by atoms with Crippen LogP contribution in [-0.4, -0.2) is 32.3 Å². The first-order valence-electron chi connectivity index (χ1n) is 7.70. The number of hydrogen-bond acceptors (Lipinski definition) is 4. The molecule has 0 radical (unpaired) electrons. The van der Waals surface area contributed by atoms with E-state index in [1.807, 2.05) is 31.3 Å². The van der Waals surface area contributed by atoms with Gasteiger partial charge in [0, 0.05) is 6.04 Å². The molecular formula is C17H27NO3. The van der Waals surface area contributed by atoms with E-state index >= 15 is 0 Å². The van der Waals surface area contributed by atoms with Crippen LogP contribution in [0.25, 0.3) is 0 Å². The van der Waals surface area contributed by atoms with E-state index in [1.54, 1.807) is 0 Å². The zero-order chi connectivity index (χ0) is 15.5. The Morgan fingerprint density at radius 1 is 1.29 bits per heavy atom. The largest absolute Gasteiger partial charge is 0.482 e. The molecule has 1 aromatic rings. The van der Waals surface area contributed by atoms with E-state index in [4.69, 9.17) is 9.47 Å². The highest BCUT2D eigenvalue weighted by Gasteiger charge is 2.04. The third-order valence-electron chi connectivity index (χ3n) is 3.40. The molecule has 0 aromatic heterocycles. The standard InChI is InChI=1S/C17H27NO3/c1-4-5-12-20-17(19)13-21-16-10-8-15(9-11-16)7-6-14(2)18-3/h8-11,14,18H,4-7,12-13H2,1-3H3. The van der Waals surface area contributed by atoms with Gasteiger partial charge in [-0.25, -0.2) is 4.79 Å². The van der Waals surface area contributed by atoms with Gasteiger partial charge in [0.2, 0.25) is 0 Å². The summed E-state index contributed by atoms with van der Waals surface area (Å²) in [6.45, 7) is 4.67. The van der Waals surface area contributed by atoms with Gasteiger partial charge in [0.05, 0.1) is 6.61 Å². The fraction of sp³-hybridized carbons (Fsp3) is 0.588. The maximum Gasteiger partial charge on any atom is 0.344 e. The number of benzene rings is 1. The van der Waals surface area contributed by atoms with E-state index in [0.29, 0.717) is 18.4 Å². The van der Waals surface area contributed by atoms with Crippen molar-refractivity contribution >= 4 is 5.97 Å². The molecular weight excluding hydrogens is 266 g/mol. The minimum atomic E-state index is -0.310. The maximum atomic E-state index is 11.4. The fourth-order valence-corrected chi connectivity index (χ4v) is 1.79. The number of unbranched alkanes of at least 4 members (excludes halogenated alkanes) is 1. The van der Waals surface area contributed by atoms with Gasteiger partial charge in [-0.15, -0.1) is 0 Å². The van der Waals surface area contributed by atoms with E-state index in [-0.39, 0.29) is 12.6 Å². The van der Waals surface area contributed by atoms with Crippen molar-refractivity contribution in [2.45, 2.75) is 45.6 Å². The maximum absolute atomic E-state index is 11.4. The van der Waals surface area contributed by atoms with Crippen LogP contribution in [0.5, 0.6) is 5.75 Å². The van der Waals surface area contributed by atoms with Gasteiger partial charge in [-0.3, -0.25) is 0 Å². The average Bonchev–Trinajstić information content (AvgIpc) is 2.51. The van der Waals surface area contributed by atoms with Crippen molar-refractivity contribution in [1.82, 2.24) is 5.32 Å². The van der Waals surface area contributed by atoms with Crippen molar-refractivity contribution in [1.29, 1.82) is 0 Å². The second-order valence-electron chi connectivity index (χ2n) is 5.24. The van der Waals surface area contributed by atoms with Crippen molar-refractivity contribution in [2.75, 3.05) is 20.3 Å². The molecule has 21 heavy (non-hydrogen) atoms. The van der Waals surface area contributed by atoms with Crippen LogP contribution in [0.4, 0.5) is 0 Å². The Hall–Kier alpha value is -1.55. The summed E-state index contributed by atoms with van der Waals surface area (Å²) in [5.74, 6) is 0.392. The molecule has 1 atom stereocenters. The quantitative estimate of drug-likeness (QED) is 0.532. The third kappa shape index (κ3) is 7.71. The lowest BCUT2D eigenvalue weighted by molar-refractivity contribution is -0.146. The van der Waals surface area contributed by atoms with Crippen molar-refractivity contribution in [3.05, 3.63) is 29.8 Å². The number of ether oxygens (including phenoxy) is 2. The molecule has 0 aliphatic rings. The highest BCUT2D eigenvalue weighted by atomic mass is 16.6. The molecule has 0 fully saturated rings. The normalized spacial score (nSPS) is 12.0. The first-order chi connectivity index (χ1) is 10.2. The summed E-state index contributed by atoms with van der Waals surface area (Å²) >= 11 is 0. The molecule has 0 saturated carbocycles. The van der Waals surface area contributed by atoms with Crippen LogP contribution in [0, 0.1) is 0 Å². The van der Waals surface area contributed by atoms with Crippen LogP contribution in [0.3, 0.4) is 0 Å². The lowest BCUT2D eigenvalue weighted by Crippen LogP contribution is -2.21. The van der Waals surface area contributed by atoms with Crippen LogP contribution >= 0.6 is 0 Å². The third-order valence-corrected chi connectivity index (χ3v) is 3.40. The summed E-state index contributed by atoms with van der Waals surface area (Å²) in [6.07, 6.45) is 4.04. The Labute approximate surface area is 127 Å². The highest BCUT2D eigenvalue weighted by Crippen LogP contribution is 2.14. The Bertz CT molecular complexity index is 403. The summed E-state index contributed by atoms with van der Waals surface area (Å²) in [5.41, 5.74) is 1.27. The number of rotatable bonds is 10. The molecule has 0 aliphatic heterocycles. The molecule has 4 heteroatoms. The van der Waals surface area contributed by atoms with Gasteiger partial charge in [-0.1, -0.05) is 25.5 Å². The Balaban J connectivity index is 2.29. The second kappa shape index (κ2) is 10.2. The topological polar surface area (TPSA) is 47.6 Å². The molecule has 0 aliphatic carbocycles. The average molecular weight is 293 g/mol. The molecule has 0 heterocycles. The highest BCUT2D eigenvalue weighted by molar-refractivity contribution is 5.71. The molecule has 1 rings (SSSR count). The predicted octanol–water partition coefficient (Wildman–Crippen LogP) is 2.95. The SMILES string of the molecule is CCCCOC(=O)COc1ccc(CCC(C)NC)cc1. The van der Waals surface area contributed by atoms with E-state index in [2.05, 4.69) is 19.2 Å². The molecule has 0 spiro atoms. The van der Waals surface area contributed by atoms with Gasteiger partial charge in [0.25, 0.3) is 0 Å². The van der Waals surface area contributed by atoms with E-state index < -0.39 is 0 Å². The number of carbonyl (C=O) groups excluding carboxylic acids is 1. The number of nitrogens with one attached hydrogen (secondary N) is 1. The number of aryl methyl sites for hydroxylation is 1. The van der Waals surface area contributed by atoms with Crippen molar-refractivity contribution < 1.29 is 14.3 Å². The molecule has 0 amide bonds. The van der Waals surface area contributed by atoms with E-state index in [1.165, 1.54) is 5.56 Å². The number of esters is 1. The van der Waals surface area contributed by atoms with Crippen LogP contribution < -0.4 is 10.1 Å². The first kappa shape index (κ1) is 17.5. The Kier molecular flexibility index (Phi) is 8.51. The number of carbonyl (C=O) groups is 1. The minimum absolute atomic E-state index is 0.0279. The molecule has 4 nitrogen and oxygen atoms in total. The van der Waals surface area contributed by atoms with Crippen molar-refractivity contribution in [3.63, 3.8) is 0 Å².